The van der Waals surface area contributed by atoms with Gasteiger partial charge in [-0.1, -0.05) is 68.1 Å². The van der Waals surface area contributed by atoms with E-state index in [9.17, 15) is 4.79 Å². The van der Waals surface area contributed by atoms with Crippen LogP contribution in [0.2, 0.25) is 0 Å². The molecule has 0 N–H and O–H groups in total. The highest BCUT2D eigenvalue weighted by Crippen LogP contribution is 2.49. The van der Waals surface area contributed by atoms with E-state index in [1.54, 1.807) is 11.8 Å². The van der Waals surface area contributed by atoms with Gasteiger partial charge < -0.3 is 0 Å². The van der Waals surface area contributed by atoms with Crippen LogP contribution in [0.5, 0.6) is 0 Å². The number of carbonyl (C=O) groups excluding carboxylic acids is 1. The fraction of sp³-hybridized carbons (Fsp3) is 0.400. The number of Topliss-reactive ketones (excluding diaryl/α,β-unsaturated/α-hetero) is 1. The second kappa shape index (κ2) is 7.32. The van der Waals surface area contributed by atoms with E-state index in [1.807, 2.05) is 30.0 Å². The van der Waals surface area contributed by atoms with Gasteiger partial charge in [-0.05, 0) is 30.6 Å². The summed E-state index contributed by atoms with van der Waals surface area (Å²) in [5.41, 5.74) is 0.971. The Kier molecular flexibility index (Phi) is 5.36. The summed E-state index contributed by atoms with van der Waals surface area (Å²) in [4.78, 5) is 20.1. The van der Waals surface area contributed by atoms with Gasteiger partial charge in [0.1, 0.15) is 5.04 Å². The third-order valence-corrected chi connectivity index (χ3v) is 6.89. The quantitative estimate of drug-likeness (QED) is 0.666. The summed E-state index contributed by atoms with van der Waals surface area (Å²) in [7, 11) is 0. The molecule has 4 heteroatoms. The first-order chi connectivity index (χ1) is 11.5. The average molecular weight is 358 g/mol. The van der Waals surface area contributed by atoms with Gasteiger partial charge >= 0.3 is 0 Å². The third kappa shape index (κ3) is 3.55. The van der Waals surface area contributed by atoms with Crippen LogP contribution in [0.3, 0.4) is 0 Å². The van der Waals surface area contributed by atoms with Gasteiger partial charge in [0.25, 0.3) is 0 Å². The normalized spacial score (nSPS) is 23.9. The van der Waals surface area contributed by atoms with Crippen LogP contribution < -0.4 is 0 Å². The number of thioether (sulfide) groups is 2. The molecule has 2 aliphatic rings. The number of aliphatic imine (C=N–C) groups is 1. The molecule has 0 saturated carbocycles. The molecule has 1 aliphatic carbocycles. The molecular formula is C20H23NOS2. The second-order valence-electron chi connectivity index (χ2n) is 6.46. The van der Waals surface area contributed by atoms with Crippen LogP contribution in [0.4, 0.5) is 0 Å². The number of carbonyl (C=O) groups is 1. The van der Waals surface area contributed by atoms with Crippen LogP contribution in [0.25, 0.3) is 0 Å². The molecule has 0 radical (unpaired) electrons. The van der Waals surface area contributed by atoms with Crippen molar-refractivity contribution in [3.8, 4) is 0 Å². The molecule has 0 bridgehead atoms. The SMILES string of the molecule is CCSC1=C2SC(C(=O)CC(C)c3ccccc3)=NC2(C)CC=C1. The molecule has 126 valence electrons. The first-order valence-electron chi connectivity index (χ1n) is 8.43. The van der Waals surface area contributed by atoms with Crippen molar-refractivity contribution in [2.24, 2.45) is 4.99 Å². The molecule has 0 saturated heterocycles. The highest BCUT2D eigenvalue weighted by Gasteiger charge is 2.40. The molecule has 1 aliphatic heterocycles. The maximum Gasteiger partial charge on any atom is 0.188 e. The number of ketones is 1. The molecule has 3 rings (SSSR count). The lowest BCUT2D eigenvalue weighted by Crippen LogP contribution is -2.22. The summed E-state index contributed by atoms with van der Waals surface area (Å²) in [5.74, 6) is 1.42. The van der Waals surface area contributed by atoms with Crippen molar-refractivity contribution < 1.29 is 4.79 Å². The van der Waals surface area contributed by atoms with E-state index in [1.165, 1.54) is 15.4 Å². The average Bonchev–Trinajstić information content (AvgIpc) is 2.94. The van der Waals surface area contributed by atoms with Gasteiger partial charge in [0.05, 0.1) is 5.54 Å². The molecule has 2 nitrogen and oxygen atoms in total. The number of nitrogens with zero attached hydrogens (tertiary/aromatic N) is 1. The predicted molar refractivity (Wildman–Crippen MR) is 107 cm³/mol. The number of rotatable bonds is 6. The van der Waals surface area contributed by atoms with Crippen molar-refractivity contribution in [3.05, 3.63) is 57.9 Å². The Labute approximate surface area is 152 Å². The molecule has 1 heterocycles. The first-order valence-corrected chi connectivity index (χ1v) is 10.2. The third-order valence-electron chi connectivity index (χ3n) is 4.44. The van der Waals surface area contributed by atoms with Gasteiger partial charge in [-0.15, -0.1) is 11.8 Å². The van der Waals surface area contributed by atoms with Crippen LogP contribution in [0.15, 0.2) is 57.3 Å². The molecule has 0 aromatic heterocycles. The van der Waals surface area contributed by atoms with Gasteiger partial charge in [0.15, 0.2) is 5.78 Å². The van der Waals surface area contributed by atoms with E-state index < -0.39 is 0 Å². The van der Waals surface area contributed by atoms with E-state index in [-0.39, 0.29) is 17.2 Å². The lowest BCUT2D eigenvalue weighted by atomic mass is 9.93. The van der Waals surface area contributed by atoms with Crippen LogP contribution in [0.1, 0.15) is 45.1 Å². The Hall–Kier alpha value is -1.26. The summed E-state index contributed by atoms with van der Waals surface area (Å²) < 4.78 is 0. The summed E-state index contributed by atoms with van der Waals surface area (Å²) in [6.07, 6.45) is 5.77. The monoisotopic (exact) mass is 357 g/mol. The van der Waals surface area contributed by atoms with E-state index >= 15 is 0 Å². The zero-order valence-electron chi connectivity index (χ0n) is 14.4. The molecule has 1 aromatic carbocycles. The summed E-state index contributed by atoms with van der Waals surface area (Å²) >= 11 is 3.43. The summed E-state index contributed by atoms with van der Waals surface area (Å²) in [6, 6.07) is 10.2. The highest BCUT2D eigenvalue weighted by molar-refractivity contribution is 8.20. The predicted octanol–water partition coefficient (Wildman–Crippen LogP) is 5.58. The molecule has 2 atom stereocenters. The number of hydrogen-bond acceptors (Lipinski definition) is 4. The molecule has 0 amide bonds. The fourth-order valence-corrected chi connectivity index (χ4v) is 5.39. The minimum Gasteiger partial charge on any atom is -0.292 e. The van der Waals surface area contributed by atoms with E-state index in [2.05, 4.69) is 45.1 Å². The summed E-state index contributed by atoms with van der Waals surface area (Å²) in [6.45, 7) is 6.42. The van der Waals surface area contributed by atoms with Crippen molar-refractivity contribution in [1.82, 2.24) is 0 Å². The van der Waals surface area contributed by atoms with Crippen molar-refractivity contribution >= 4 is 34.4 Å². The Balaban J connectivity index is 1.76. The van der Waals surface area contributed by atoms with Gasteiger partial charge in [0.2, 0.25) is 0 Å². The Morgan fingerprint density at radius 3 is 2.83 bits per heavy atom. The van der Waals surface area contributed by atoms with E-state index in [4.69, 9.17) is 4.99 Å². The van der Waals surface area contributed by atoms with Crippen LogP contribution in [0, 0.1) is 0 Å². The smallest absolute Gasteiger partial charge is 0.188 e. The van der Waals surface area contributed by atoms with Crippen molar-refractivity contribution in [3.63, 3.8) is 0 Å². The van der Waals surface area contributed by atoms with E-state index in [0.29, 0.717) is 11.5 Å². The standard InChI is InChI=1S/C20H23NOS2/c1-4-23-17-11-8-12-20(3)18(17)24-19(21-20)16(22)13-14(2)15-9-6-5-7-10-15/h5-11,14H,4,12-13H2,1-3H3. The first kappa shape index (κ1) is 17.6. The van der Waals surface area contributed by atoms with Gasteiger partial charge in [-0.2, -0.15) is 0 Å². The molecular weight excluding hydrogens is 334 g/mol. The van der Waals surface area contributed by atoms with Crippen molar-refractivity contribution in [1.29, 1.82) is 0 Å². The Morgan fingerprint density at radius 1 is 1.38 bits per heavy atom. The van der Waals surface area contributed by atoms with Crippen LogP contribution in [-0.4, -0.2) is 22.1 Å². The van der Waals surface area contributed by atoms with Crippen molar-refractivity contribution in [2.45, 2.75) is 45.1 Å². The zero-order valence-corrected chi connectivity index (χ0v) is 16.0. The number of fused-ring (bicyclic) bond motifs is 1. The van der Waals surface area contributed by atoms with Crippen LogP contribution >= 0.6 is 23.5 Å². The topological polar surface area (TPSA) is 29.4 Å². The van der Waals surface area contributed by atoms with Crippen LogP contribution in [-0.2, 0) is 4.79 Å². The molecule has 0 fully saturated rings. The number of benzene rings is 1. The minimum absolute atomic E-state index is 0.167. The Bertz CT molecular complexity index is 720. The molecule has 1 aromatic rings. The molecule has 24 heavy (non-hydrogen) atoms. The maximum atomic E-state index is 12.8. The largest absolute Gasteiger partial charge is 0.292 e. The second-order valence-corrected chi connectivity index (χ2v) is 8.77. The van der Waals surface area contributed by atoms with Gasteiger partial charge in [0, 0.05) is 16.2 Å². The molecule has 0 spiro atoms. The van der Waals surface area contributed by atoms with E-state index in [0.717, 1.165) is 12.2 Å². The lowest BCUT2D eigenvalue weighted by Gasteiger charge is -2.25. The van der Waals surface area contributed by atoms with Gasteiger partial charge in [-0.25, -0.2) is 0 Å². The minimum atomic E-state index is -0.238. The molecule has 2 unspecified atom stereocenters. The lowest BCUT2D eigenvalue weighted by molar-refractivity contribution is -0.113. The Morgan fingerprint density at radius 2 is 2.12 bits per heavy atom. The number of hydrogen-bond donors (Lipinski definition) is 0. The van der Waals surface area contributed by atoms with Gasteiger partial charge in [-0.3, -0.25) is 9.79 Å². The van der Waals surface area contributed by atoms with Crippen molar-refractivity contribution in [2.75, 3.05) is 5.75 Å². The number of allylic oxidation sites excluding steroid dienone is 1. The maximum absolute atomic E-state index is 12.8. The highest BCUT2D eigenvalue weighted by atomic mass is 32.2. The summed E-state index contributed by atoms with van der Waals surface area (Å²) in [5, 5.41) is 0.688. The zero-order chi connectivity index (χ0) is 17.2. The fourth-order valence-electron chi connectivity index (χ4n) is 3.08.